The van der Waals surface area contributed by atoms with Crippen molar-refractivity contribution in [2.24, 2.45) is 0 Å². The average Bonchev–Trinajstić information content (AvgIpc) is 3.32. The normalized spacial score (nSPS) is 12.8. The summed E-state index contributed by atoms with van der Waals surface area (Å²) in [6.07, 6.45) is 1.45. The zero-order valence-electron chi connectivity index (χ0n) is 15.7. The quantitative estimate of drug-likeness (QED) is 0.393. The van der Waals surface area contributed by atoms with Gasteiger partial charge in [-0.3, -0.25) is 29.4 Å². The number of hydrogen-bond donors (Lipinski definition) is 1. The van der Waals surface area contributed by atoms with Gasteiger partial charge in [-0.1, -0.05) is 0 Å². The third-order valence-electron chi connectivity index (χ3n) is 4.80. The second-order valence-electron chi connectivity index (χ2n) is 6.75. The monoisotopic (exact) mass is 405 g/mol. The number of anilines is 1. The van der Waals surface area contributed by atoms with Gasteiger partial charge in [0.05, 0.1) is 28.9 Å². The van der Waals surface area contributed by atoms with E-state index in [2.05, 4.69) is 5.32 Å². The SMILES string of the molecule is Cc1cc([N+](=O)[O-])ccc1NC(=O)c1ccc2c(c1)C(=O)N(Cc1ccco1)C2=O. The summed E-state index contributed by atoms with van der Waals surface area (Å²) in [7, 11) is 0. The molecular weight excluding hydrogens is 390 g/mol. The third-order valence-corrected chi connectivity index (χ3v) is 4.80. The van der Waals surface area contributed by atoms with E-state index in [1.54, 1.807) is 19.1 Å². The molecule has 1 N–H and O–H groups in total. The minimum Gasteiger partial charge on any atom is -0.467 e. The number of aryl methyl sites for hydroxylation is 1. The molecule has 2 heterocycles. The largest absolute Gasteiger partial charge is 0.467 e. The zero-order chi connectivity index (χ0) is 21.4. The zero-order valence-corrected chi connectivity index (χ0v) is 15.7. The second-order valence-corrected chi connectivity index (χ2v) is 6.75. The maximum atomic E-state index is 12.7. The summed E-state index contributed by atoms with van der Waals surface area (Å²) in [5.41, 5.74) is 1.40. The van der Waals surface area contributed by atoms with E-state index in [0.717, 1.165) is 4.90 Å². The van der Waals surface area contributed by atoms with E-state index < -0.39 is 22.6 Å². The fraction of sp³-hybridized carbons (Fsp3) is 0.0952. The highest BCUT2D eigenvalue weighted by atomic mass is 16.6. The highest BCUT2D eigenvalue weighted by Crippen LogP contribution is 2.27. The van der Waals surface area contributed by atoms with Gasteiger partial charge in [-0.15, -0.1) is 0 Å². The van der Waals surface area contributed by atoms with Crippen LogP contribution in [-0.4, -0.2) is 27.5 Å². The molecule has 9 heteroatoms. The molecule has 3 amide bonds. The molecule has 0 saturated carbocycles. The van der Waals surface area contributed by atoms with Crippen LogP contribution in [0.5, 0.6) is 0 Å². The Morgan fingerprint density at radius 2 is 1.87 bits per heavy atom. The maximum Gasteiger partial charge on any atom is 0.269 e. The first-order valence-corrected chi connectivity index (χ1v) is 8.94. The van der Waals surface area contributed by atoms with E-state index in [4.69, 9.17) is 4.42 Å². The molecule has 2 aromatic carbocycles. The molecule has 150 valence electrons. The standard InChI is InChI=1S/C21H15N3O6/c1-12-9-14(24(28)29)5-7-18(12)22-19(25)13-4-6-16-17(10-13)21(27)23(20(16)26)11-15-3-2-8-30-15/h2-10H,11H2,1H3,(H,22,25). The van der Waals surface area contributed by atoms with Crippen LogP contribution in [0.1, 0.15) is 42.4 Å². The van der Waals surface area contributed by atoms with Gasteiger partial charge in [0.2, 0.25) is 0 Å². The Morgan fingerprint density at radius 3 is 2.53 bits per heavy atom. The van der Waals surface area contributed by atoms with Gasteiger partial charge in [-0.25, -0.2) is 0 Å². The van der Waals surface area contributed by atoms with Gasteiger partial charge in [0.1, 0.15) is 5.76 Å². The van der Waals surface area contributed by atoms with E-state index in [1.165, 1.54) is 42.7 Å². The first kappa shape index (κ1) is 19.1. The van der Waals surface area contributed by atoms with Crippen LogP contribution < -0.4 is 5.32 Å². The Labute approximate surface area is 170 Å². The van der Waals surface area contributed by atoms with E-state index in [-0.39, 0.29) is 28.9 Å². The van der Waals surface area contributed by atoms with Crippen LogP contribution in [0.25, 0.3) is 0 Å². The summed E-state index contributed by atoms with van der Waals surface area (Å²) >= 11 is 0. The molecule has 1 aliphatic heterocycles. The summed E-state index contributed by atoms with van der Waals surface area (Å²) in [5.74, 6) is -0.993. The molecule has 4 rings (SSSR count). The lowest BCUT2D eigenvalue weighted by Gasteiger charge is -2.11. The molecule has 1 aromatic heterocycles. The Morgan fingerprint density at radius 1 is 1.10 bits per heavy atom. The number of carbonyl (C=O) groups excluding carboxylic acids is 3. The van der Waals surface area contributed by atoms with E-state index in [9.17, 15) is 24.5 Å². The number of rotatable bonds is 5. The molecule has 9 nitrogen and oxygen atoms in total. The Bertz CT molecular complexity index is 1200. The molecule has 1 aliphatic rings. The predicted molar refractivity (Wildman–Crippen MR) is 105 cm³/mol. The van der Waals surface area contributed by atoms with Crippen molar-refractivity contribution in [2.75, 3.05) is 5.32 Å². The first-order chi connectivity index (χ1) is 14.3. The van der Waals surface area contributed by atoms with E-state index >= 15 is 0 Å². The number of benzene rings is 2. The van der Waals surface area contributed by atoms with Crippen molar-refractivity contribution in [3.63, 3.8) is 0 Å². The molecule has 0 spiro atoms. The van der Waals surface area contributed by atoms with Crippen LogP contribution in [0, 0.1) is 17.0 Å². The molecule has 0 saturated heterocycles. The minimum absolute atomic E-state index is 0.00284. The molecule has 0 atom stereocenters. The van der Waals surface area contributed by atoms with Crippen molar-refractivity contribution in [3.05, 3.63) is 92.9 Å². The van der Waals surface area contributed by atoms with Gasteiger partial charge in [0.15, 0.2) is 0 Å². The summed E-state index contributed by atoms with van der Waals surface area (Å²) in [6, 6.07) is 11.7. The number of nitrogens with zero attached hydrogens (tertiary/aromatic N) is 2. The van der Waals surface area contributed by atoms with Gasteiger partial charge in [-0.2, -0.15) is 0 Å². The number of hydrogen-bond acceptors (Lipinski definition) is 6. The summed E-state index contributed by atoms with van der Waals surface area (Å²) in [5, 5.41) is 13.5. The molecule has 0 unspecified atom stereocenters. The third kappa shape index (κ3) is 3.32. The number of non-ortho nitro benzene ring substituents is 1. The molecule has 0 radical (unpaired) electrons. The van der Waals surface area contributed by atoms with Crippen molar-refractivity contribution in [1.29, 1.82) is 0 Å². The molecule has 30 heavy (non-hydrogen) atoms. The number of carbonyl (C=O) groups is 3. The fourth-order valence-corrected chi connectivity index (χ4v) is 3.23. The van der Waals surface area contributed by atoms with Gasteiger partial charge >= 0.3 is 0 Å². The highest BCUT2D eigenvalue weighted by molar-refractivity contribution is 6.22. The van der Waals surface area contributed by atoms with E-state index in [0.29, 0.717) is 17.0 Å². The topological polar surface area (TPSA) is 123 Å². The van der Waals surface area contributed by atoms with Crippen LogP contribution in [0.15, 0.2) is 59.2 Å². The van der Waals surface area contributed by atoms with Gasteiger partial charge < -0.3 is 9.73 Å². The number of nitrogens with one attached hydrogen (secondary N) is 1. The Kier molecular flexibility index (Phi) is 4.63. The lowest BCUT2D eigenvalue weighted by molar-refractivity contribution is -0.384. The van der Waals surface area contributed by atoms with Gasteiger partial charge in [0, 0.05) is 23.4 Å². The summed E-state index contributed by atoms with van der Waals surface area (Å²) in [4.78, 5) is 49.3. The number of fused-ring (bicyclic) bond motifs is 1. The average molecular weight is 405 g/mol. The molecule has 0 fully saturated rings. The molecule has 0 aliphatic carbocycles. The maximum absolute atomic E-state index is 12.7. The first-order valence-electron chi connectivity index (χ1n) is 8.94. The minimum atomic E-state index is -0.518. The van der Waals surface area contributed by atoms with E-state index in [1.807, 2.05) is 0 Å². The number of imide groups is 1. The number of furan rings is 1. The lowest BCUT2D eigenvalue weighted by atomic mass is 10.0. The highest BCUT2D eigenvalue weighted by Gasteiger charge is 2.36. The Hall–Kier alpha value is -4.27. The predicted octanol–water partition coefficient (Wildman–Crippen LogP) is 3.54. The van der Waals surface area contributed by atoms with Crippen molar-refractivity contribution in [1.82, 2.24) is 4.90 Å². The van der Waals surface area contributed by atoms with Crippen molar-refractivity contribution < 1.29 is 23.7 Å². The fourth-order valence-electron chi connectivity index (χ4n) is 3.23. The molecular formula is C21H15N3O6. The number of amides is 3. The van der Waals surface area contributed by atoms with Gasteiger partial charge in [-0.05, 0) is 48.9 Å². The van der Waals surface area contributed by atoms with Crippen LogP contribution in [0.3, 0.4) is 0 Å². The number of nitro benzene ring substituents is 1. The van der Waals surface area contributed by atoms with Crippen LogP contribution in [0.2, 0.25) is 0 Å². The smallest absolute Gasteiger partial charge is 0.269 e. The lowest BCUT2D eigenvalue weighted by Crippen LogP contribution is -2.28. The summed E-state index contributed by atoms with van der Waals surface area (Å²) < 4.78 is 5.20. The molecule has 3 aromatic rings. The second kappa shape index (κ2) is 7.28. The number of nitro groups is 1. The van der Waals surface area contributed by atoms with Crippen molar-refractivity contribution >= 4 is 29.1 Å². The Balaban J connectivity index is 1.56. The van der Waals surface area contributed by atoms with Crippen LogP contribution in [0.4, 0.5) is 11.4 Å². The van der Waals surface area contributed by atoms with Crippen LogP contribution >= 0.6 is 0 Å². The molecule has 0 bridgehead atoms. The van der Waals surface area contributed by atoms with Crippen molar-refractivity contribution in [3.8, 4) is 0 Å². The van der Waals surface area contributed by atoms with Crippen LogP contribution in [-0.2, 0) is 6.54 Å². The van der Waals surface area contributed by atoms with Gasteiger partial charge in [0.25, 0.3) is 23.4 Å². The van der Waals surface area contributed by atoms with Crippen molar-refractivity contribution in [2.45, 2.75) is 13.5 Å². The summed E-state index contributed by atoms with van der Waals surface area (Å²) in [6.45, 7) is 1.64.